The van der Waals surface area contributed by atoms with Crippen LogP contribution in [0.5, 0.6) is 0 Å². The fourth-order valence-corrected chi connectivity index (χ4v) is 2.49. The molecule has 0 aliphatic heterocycles. The molecule has 0 saturated carbocycles. The van der Waals surface area contributed by atoms with Gasteiger partial charge in [0, 0.05) is 5.39 Å². The van der Waals surface area contributed by atoms with Crippen LogP contribution in [0.15, 0.2) is 54.6 Å². The van der Waals surface area contributed by atoms with E-state index in [2.05, 4.69) is 15.3 Å². The van der Waals surface area contributed by atoms with Gasteiger partial charge in [0.15, 0.2) is 0 Å². The molecule has 0 amide bonds. The number of para-hydroxylation sites is 1. The maximum absolute atomic E-state index is 10.5. The molecule has 6 nitrogen and oxygen atoms in total. The lowest BCUT2D eigenvalue weighted by molar-refractivity contribution is 0.118. The van der Waals surface area contributed by atoms with Crippen LogP contribution in [-0.4, -0.2) is 32.8 Å². The number of aliphatic hydroxyl groups is 2. The van der Waals surface area contributed by atoms with Crippen molar-refractivity contribution in [2.75, 3.05) is 17.7 Å². The second-order valence-corrected chi connectivity index (χ2v) is 5.24. The van der Waals surface area contributed by atoms with Gasteiger partial charge in [-0.05, 0) is 17.7 Å². The number of aromatic nitrogens is 2. The van der Waals surface area contributed by atoms with E-state index in [1.165, 1.54) is 0 Å². The predicted molar refractivity (Wildman–Crippen MR) is 89.8 cm³/mol. The van der Waals surface area contributed by atoms with Gasteiger partial charge in [-0.15, -0.1) is 0 Å². The van der Waals surface area contributed by atoms with Crippen LogP contribution in [0, 0.1) is 0 Å². The highest BCUT2D eigenvalue weighted by molar-refractivity contribution is 5.90. The van der Waals surface area contributed by atoms with E-state index < -0.39 is 12.1 Å². The molecule has 1 aromatic heterocycles. The topological polar surface area (TPSA) is 104 Å². The van der Waals surface area contributed by atoms with Gasteiger partial charge in [-0.3, -0.25) is 0 Å². The number of hydrogen-bond donors (Lipinski definition) is 4. The minimum absolute atomic E-state index is 0.136. The monoisotopic (exact) mass is 310 g/mol. The van der Waals surface area contributed by atoms with Crippen molar-refractivity contribution in [1.29, 1.82) is 0 Å². The second kappa shape index (κ2) is 6.60. The molecule has 0 bridgehead atoms. The fraction of sp³-hybridized carbons (Fsp3) is 0.176. The molecule has 3 rings (SSSR count). The molecule has 0 aliphatic rings. The predicted octanol–water partition coefficient (Wildman–Crippen LogP) is 1.72. The average molecular weight is 310 g/mol. The van der Waals surface area contributed by atoms with Gasteiger partial charge in [-0.1, -0.05) is 42.5 Å². The normalized spacial score (nSPS) is 13.7. The third-order valence-electron chi connectivity index (χ3n) is 3.66. The zero-order valence-corrected chi connectivity index (χ0v) is 12.4. The Labute approximate surface area is 133 Å². The summed E-state index contributed by atoms with van der Waals surface area (Å²) in [7, 11) is 0. The molecule has 0 aliphatic carbocycles. The molecule has 0 radical (unpaired) electrons. The fourth-order valence-electron chi connectivity index (χ4n) is 2.49. The minimum Gasteiger partial charge on any atom is -0.394 e. The second-order valence-electron chi connectivity index (χ2n) is 5.24. The molecule has 2 atom stereocenters. The Kier molecular flexibility index (Phi) is 4.36. The van der Waals surface area contributed by atoms with E-state index in [9.17, 15) is 10.2 Å². The summed E-state index contributed by atoms with van der Waals surface area (Å²) in [6.45, 7) is -0.256. The molecule has 0 saturated heterocycles. The Morgan fingerprint density at radius 3 is 2.43 bits per heavy atom. The third kappa shape index (κ3) is 3.23. The van der Waals surface area contributed by atoms with Gasteiger partial charge >= 0.3 is 0 Å². The lowest BCUT2D eigenvalue weighted by Crippen LogP contribution is -2.31. The van der Waals surface area contributed by atoms with Crippen LogP contribution in [0.1, 0.15) is 11.7 Å². The van der Waals surface area contributed by atoms with E-state index in [0.29, 0.717) is 16.9 Å². The van der Waals surface area contributed by atoms with Gasteiger partial charge in [0.25, 0.3) is 0 Å². The Bertz CT molecular complexity index is 795. The maximum Gasteiger partial charge on any atom is 0.222 e. The van der Waals surface area contributed by atoms with E-state index in [-0.39, 0.29) is 12.6 Å². The molecule has 118 valence electrons. The zero-order chi connectivity index (χ0) is 16.2. The largest absolute Gasteiger partial charge is 0.394 e. The standard InChI is InChI=1S/C17H18N4O2/c18-17-20-13-9-5-4-8-12(13)16(21-17)19-14(10-22)15(23)11-6-2-1-3-7-11/h1-9,14-15,22-23H,10H2,(H3,18,19,20,21). The first kappa shape index (κ1) is 15.2. The van der Waals surface area contributed by atoms with Gasteiger partial charge in [0.1, 0.15) is 11.9 Å². The molecule has 3 aromatic rings. The number of nitrogens with two attached hydrogens (primary N) is 1. The van der Waals surface area contributed by atoms with E-state index in [1.807, 2.05) is 42.5 Å². The molecule has 2 unspecified atom stereocenters. The molecule has 1 heterocycles. The van der Waals surface area contributed by atoms with Crippen molar-refractivity contribution in [3.05, 3.63) is 60.2 Å². The van der Waals surface area contributed by atoms with Crippen molar-refractivity contribution in [3.63, 3.8) is 0 Å². The number of aliphatic hydroxyl groups excluding tert-OH is 2. The van der Waals surface area contributed by atoms with Crippen LogP contribution in [-0.2, 0) is 0 Å². The lowest BCUT2D eigenvalue weighted by Gasteiger charge is -2.23. The maximum atomic E-state index is 10.5. The molecular weight excluding hydrogens is 292 g/mol. The van der Waals surface area contributed by atoms with Gasteiger partial charge in [-0.25, -0.2) is 4.98 Å². The van der Waals surface area contributed by atoms with Crippen molar-refractivity contribution in [2.24, 2.45) is 0 Å². The average Bonchev–Trinajstić information content (AvgIpc) is 2.59. The highest BCUT2D eigenvalue weighted by atomic mass is 16.3. The summed E-state index contributed by atoms with van der Waals surface area (Å²) in [5.41, 5.74) is 7.16. The summed E-state index contributed by atoms with van der Waals surface area (Å²) in [6.07, 6.45) is -0.879. The van der Waals surface area contributed by atoms with E-state index in [0.717, 1.165) is 5.39 Å². The molecule has 0 spiro atoms. The van der Waals surface area contributed by atoms with E-state index >= 15 is 0 Å². The minimum atomic E-state index is -0.879. The highest BCUT2D eigenvalue weighted by Crippen LogP contribution is 2.25. The quantitative estimate of drug-likeness (QED) is 0.572. The van der Waals surface area contributed by atoms with Crippen molar-refractivity contribution in [3.8, 4) is 0 Å². The van der Waals surface area contributed by atoms with Crippen molar-refractivity contribution < 1.29 is 10.2 Å². The molecule has 5 N–H and O–H groups in total. The van der Waals surface area contributed by atoms with Crippen molar-refractivity contribution >= 4 is 22.7 Å². The summed E-state index contributed by atoms with van der Waals surface area (Å²) in [4.78, 5) is 8.37. The van der Waals surface area contributed by atoms with Crippen molar-refractivity contribution in [1.82, 2.24) is 9.97 Å². The first-order chi connectivity index (χ1) is 11.2. The van der Waals surface area contributed by atoms with Crippen LogP contribution in [0.2, 0.25) is 0 Å². The first-order valence-electron chi connectivity index (χ1n) is 7.31. The smallest absolute Gasteiger partial charge is 0.222 e. The Hall–Kier alpha value is -2.70. The first-order valence-corrected chi connectivity index (χ1v) is 7.31. The van der Waals surface area contributed by atoms with Crippen LogP contribution in [0.25, 0.3) is 10.9 Å². The molecular formula is C17H18N4O2. The molecule has 23 heavy (non-hydrogen) atoms. The third-order valence-corrected chi connectivity index (χ3v) is 3.66. The summed E-state index contributed by atoms with van der Waals surface area (Å²) >= 11 is 0. The molecule has 6 heteroatoms. The highest BCUT2D eigenvalue weighted by Gasteiger charge is 2.21. The summed E-state index contributed by atoms with van der Waals surface area (Å²) in [5, 5.41) is 24.0. The van der Waals surface area contributed by atoms with Gasteiger partial charge < -0.3 is 21.3 Å². The van der Waals surface area contributed by atoms with Crippen LogP contribution >= 0.6 is 0 Å². The van der Waals surface area contributed by atoms with Crippen molar-refractivity contribution in [2.45, 2.75) is 12.1 Å². The number of nitrogens with zero attached hydrogens (tertiary/aromatic N) is 2. The lowest BCUT2D eigenvalue weighted by atomic mass is 10.0. The summed E-state index contributed by atoms with van der Waals surface area (Å²) in [6, 6.07) is 16.0. The van der Waals surface area contributed by atoms with Gasteiger partial charge in [0.2, 0.25) is 5.95 Å². The van der Waals surface area contributed by atoms with Crippen LogP contribution < -0.4 is 11.1 Å². The van der Waals surface area contributed by atoms with Crippen LogP contribution in [0.3, 0.4) is 0 Å². The molecule has 0 fully saturated rings. The van der Waals surface area contributed by atoms with E-state index in [4.69, 9.17) is 5.73 Å². The van der Waals surface area contributed by atoms with E-state index in [1.54, 1.807) is 12.1 Å². The van der Waals surface area contributed by atoms with Gasteiger partial charge in [-0.2, -0.15) is 4.98 Å². The number of fused-ring (bicyclic) bond motifs is 1. The number of rotatable bonds is 5. The zero-order valence-electron chi connectivity index (χ0n) is 12.4. The number of anilines is 2. The number of benzene rings is 2. The van der Waals surface area contributed by atoms with Crippen LogP contribution in [0.4, 0.5) is 11.8 Å². The molecule has 2 aromatic carbocycles. The summed E-state index contributed by atoms with van der Waals surface area (Å²) < 4.78 is 0. The number of nitrogens with one attached hydrogen (secondary N) is 1. The van der Waals surface area contributed by atoms with Gasteiger partial charge in [0.05, 0.1) is 18.2 Å². The number of hydrogen-bond acceptors (Lipinski definition) is 6. The SMILES string of the molecule is Nc1nc(NC(CO)C(O)c2ccccc2)c2ccccc2n1. The Morgan fingerprint density at radius 2 is 1.70 bits per heavy atom. The number of nitrogen functional groups attached to an aromatic ring is 1. The Balaban J connectivity index is 1.93. The Morgan fingerprint density at radius 1 is 1.00 bits per heavy atom. The summed E-state index contributed by atoms with van der Waals surface area (Å²) in [5.74, 6) is 0.624.